The van der Waals surface area contributed by atoms with E-state index >= 15 is 0 Å². The summed E-state index contributed by atoms with van der Waals surface area (Å²) in [5.74, 6) is 2.43. The summed E-state index contributed by atoms with van der Waals surface area (Å²) in [6.07, 6.45) is 5.98. The van der Waals surface area contributed by atoms with Gasteiger partial charge in [-0.05, 0) is 71.1 Å². The zero-order valence-corrected chi connectivity index (χ0v) is 13.0. The fraction of sp³-hybridized carbons (Fsp3) is 0.533. The molecule has 0 aliphatic heterocycles. The fourth-order valence-corrected chi connectivity index (χ4v) is 4.15. The predicted octanol–water partition coefficient (Wildman–Crippen LogP) is 4.87. The summed E-state index contributed by atoms with van der Waals surface area (Å²) in [5.41, 5.74) is 0.810. The smallest absolute Gasteiger partial charge is 0.224 e. The fourth-order valence-electron chi connectivity index (χ4n) is 3.65. The van der Waals surface area contributed by atoms with Gasteiger partial charge in [0, 0.05) is 16.6 Å². The maximum atomic E-state index is 12.1. The molecule has 0 heterocycles. The van der Waals surface area contributed by atoms with Gasteiger partial charge in [0.1, 0.15) is 0 Å². The van der Waals surface area contributed by atoms with Crippen LogP contribution >= 0.6 is 27.5 Å². The quantitative estimate of drug-likeness (QED) is 0.834. The topological polar surface area (TPSA) is 29.1 Å². The number of fused-ring (bicyclic) bond motifs is 2. The van der Waals surface area contributed by atoms with Gasteiger partial charge in [-0.3, -0.25) is 4.79 Å². The molecule has 102 valence electrons. The Bertz CT molecular complexity index is 505. The number of anilines is 1. The Morgan fingerprint density at radius 2 is 2.21 bits per heavy atom. The van der Waals surface area contributed by atoms with E-state index in [2.05, 4.69) is 21.2 Å². The second-order valence-electron chi connectivity index (χ2n) is 5.82. The minimum Gasteiger partial charge on any atom is -0.326 e. The molecule has 3 unspecified atom stereocenters. The summed E-state index contributed by atoms with van der Waals surface area (Å²) in [7, 11) is 0. The van der Waals surface area contributed by atoms with Crippen molar-refractivity contribution in [2.24, 2.45) is 17.8 Å². The highest BCUT2D eigenvalue weighted by molar-refractivity contribution is 9.10. The molecular weight excluding hydrogens is 326 g/mol. The first-order valence-electron chi connectivity index (χ1n) is 6.86. The highest BCUT2D eigenvalue weighted by Gasteiger charge is 2.40. The van der Waals surface area contributed by atoms with Gasteiger partial charge in [-0.25, -0.2) is 0 Å². The van der Waals surface area contributed by atoms with Crippen molar-refractivity contribution in [1.29, 1.82) is 0 Å². The number of halogens is 2. The summed E-state index contributed by atoms with van der Waals surface area (Å²) in [5, 5.41) is 3.63. The number of hydrogen-bond donors (Lipinski definition) is 1. The van der Waals surface area contributed by atoms with Gasteiger partial charge in [0.2, 0.25) is 5.91 Å². The van der Waals surface area contributed by atoms with Crippen molar-refractivity contribution in [3.05, 3.63) is 27.7 Å². The van der Waals surface area contributed by atoms with Gasteiger partial charge in [-0.2, -0.15) is 0 Å². The number of amides is 1. The van der Waals surface area contributed by atoms with E-state index in [9.17, 15) is 4.79 Å². The summed E-state index contributed by atoms with van der Waals surface area (Å²) < 4.78 is 0.812. The molecule has 0 saturated heterocycles. The molecule has 2 bridgehead atoms. The van der Waals surface area contributed by atoms with E-state index in [0.29, 0.717) is 17.4 Å². The first-order chi connectivity index (χ1) is 9.11. The SMILES string of the molecule is O=C(CC1CC2CCC1C2)Nc1ccc(Cl)c(Br)c1. The standard InChI is InChI=1S/C15H17BrClNO/c16-13-8-12(3-4-14(13)17)18-15(19)7-11-6-9-1-2-10(11)5-9/h3-4,8-11H,1-2,5-7H2,(H,18,19). The predicted molar refractivity (Wildman–Crippen MR) is 81.3 cm³/mol. The third-order valence-electron chi connectivity index (χ3n) is 4.54. The van der Waals surface area contributed by atoms with Crippen molar-refractivity contribution in [2.45, 2.75) is 32.1 Å². The average Bonchev–Trinajstić information content (AvgIpc) is 2.96. The van der Waals surface area contributed by atoms with E-state index in [1.54, 1.807) is 6.07 Å². The Kier molecular flexibility index (Phi) is 3.86. The van der Waals surface area contributed by atoms with E-state index in [1.165, 1.54) is 25.7 Å². The van der Waals surface area contributed by atoms with Gasteiger partial charge < -0.3 is 5.32 Å². The third kappa shape index (κ3) is 2.97. The second kappa shape index (κ2) is 5.45. The van der Waals surface area contributed by atoms with Crippen molar-refractivity contribution in [2.75, 3.05) is 5.32 Å². The molecule has 2 fully saturated rings. The molecule has 1 aromatic carbocycles. The van der Waals surface area contributed by atoms with Crippen LogP contribution in [0, 0.1) is 17.8 Å². The lowest BCUT2D eigenvalue weighted by molar-refractivity contribution is -0.117. The summed E-state index contributed by atoms with van der Waals surface area (Å²) in [4.78, 5) is 12.1. The van der Waals surface area contributed by atoms with Crippen LogP contribution in [0.3, 0.4) is 0 Å². The summed E-state index contributed by atoms with van der Waals surface area (Å²) in [6.45, 7) is 0. The molecule has 0 radical (unpaired) electrons. The number of carbonyl (C=O) groups is 1. The van der Waals surface area contributed by atoms with E-state index in [0.717, 1.165) is 22.0 Å². The number of hydrogen-bond acceptors (Lipinski definition) is 1. The maximum absolute atomic E-state index is 12.1. The molecule has 4 heteroatoms. The monoisotopic (exact) mass is 341 g/mol. The number of carbonyl (C=O) groups excluding carboxylic acids is 1. The molecular formula is C15H17BrClNO. The normalized spacial score (nSPS) is 28.6. The largest absolute Gasteiger partial charge is 0.326 e. The van der Waals surface area contributed by atoms with Gasteiger partial charge in [-0.1, -0.05) is 18.0 Å². The number of nitrogens with one attached hydrogen (secondary N) is 1. The van der Waals surface area contributed by atoms with E-state index in [4.69, 9.17) is 11.6 Å². The van der Waals surface area contributed by atoms with E-state index < -0.39 is 0 Å². The first-order valence-corrected chi connectivity index (χ1v) is 8.04. The lowest BCUT2D eigenvalue weighted by atomic mass is 9.86. The minimum absolute atomic E-state index is 0.131. The van der Waals surface area contributed by atoms with Crippen molar-refractivity contribution in [3.8, 4) is 0 Å². The molecule has 3 rings (SSSR count). The summed E-state index contributed by atoms with van der Waals surface area (Å²) >= 11 is 9.31. The van der Waals surface area contributed by atoms with Crippen LogP contribution in [0.25, 0.3) is 0 Å². The van der Waals surface area contributed by atoms with Crippen molar-refractivity contribution < 1.29 is 4.79 Å². The Morgan fingerprint density at radius 3 is 2.84 bits per heavy atom. The first kappa shape index (κ1) is 13.4. The van der Waals surface area contributed by atoms with Crippen LogP contribution in [0.4, 0.5) is 5.69 Å². The zero-order chi connectivity index (χ0) is 13.4. The Hall–Kier alpha value is -0.540. The summed E-state index contributed by atoms with van der Waals surface area (Å²) in [6, 6.07) is 5.48. The molecule has 1 N–H and O–H groups in total. The Morgan fingerprint density at radius 1 is 1.37 bits per heavy atom. The van der Waals surface area contributed by atoms with Crippen molar-refractivity contribution >= 4 is 39.1 Å². The highest BCUT2D eigenvalue weighted by atomic mass is 79.9. The van der Waals surface area contributed by atoms with Crippen LogP contribution < -0.4 is 5.32 Å². The van der Waals surface area contributed by atoms with Gasteiger partial charge in [0.15, 0.2) is 0 Å². The van der Waals surface area contributed by atoms with Gasteiger partial charge in [0.25, 0.3) is 0 Å². The van der Waals surface area contributed by atoms with Crippen LogP contribution in [0.15, 0.2) is 22.7 Å². The highest BCUT2D eigenvalue weighted by Crippen LogP contribution is 2.49. The molecule has 2 aliphatic carbocycles. The minimum atomic E-state index is 0.131. The van der Waals surface area contributed by atoms with Crippen LogP contribution in [0.1, 0.15) is 32.1 Å². The third-order valence-corrected chi connectivity index (χ3v) is 5.75. The van der Waals surface area contributed by atoms with Crippen molar-refractivity contribution in [3.63, 3.8) is 0 Å². The lowest BCUT2D eigenvalue weighted by Crippen LogP contribution is -2.20. The lowest BCUT2D eigenvalue weighted by Gasteiger charge is -2.20. The van der Waals surface area contributed by atoms with Gasteiger partial charge in [0.05, 0.1) is 5.02 Å². The second-order valence-corrected chi connectivity index (χ2v) is 7.08. The Labute approximate surface area is 127 Å². The number of benzene rings is 1. The molecule has 2 nitrogen and oxygen atoms in total. The molecule has 1 amide bonds. The molecule has 1 aromatic rings. The molecule has 0 aromatic heterocycles. The molecule has 3 atom stereocenters. The maximum Gasteiger partial charge on any atom is 0.224 e. The number of rotatable bonds is 3. The van der Waals surface area contributed by atoms with Gasteiger partial charge >= 0.3 is 0 Å². The van der Waals surface area contributed by atoms with Crippen molar-refractivity contribution in [1.82, 2.24) is 0 Å². The van der Waals surface area contributed by atoms with Crippen LogP contribution in [-0.4, -0.2) is 5.91 Å². The van der Waals surface area contributed by atoms with Crippen LogP contribution in [-0.2, 0) is 4.79 Å². The van der Waals surface area contributed by atoms with Gasteiger partial charge in [-0.15, -0.1) is 0 Å². The molecule has 2 aliphatic rings. The zero-order valence-electron chi connectivity index (χ0n) is 10.7. The average molecular weight is 343 g/mol. The van der Waals surface area contributed by atoms with Crippen LogP contribution in [0.5, 0.6) is 0 Å². The molecule has 0 spiro atoms. The van der Waals surface area contributed by atoms with E-state index in [1.807, 2.05) is 12.1 Å². The van der Waals surface area contributed by atoms with Crippen LogP contribution in [0.2, 0.25) is 5.02 Å². The van der Waals surface area contributed by atoms with E-state index in [-0.39, 0.29) is 5.91 Å². The molecule has 2 saturated carbocycles. The Balaban J connectivity index is 1.57. The molecule has 19 heavy (non-hydrogen) atoms.